The summed E-state index contributed by atoms with van der Waals surface area (Å²) in [4.78, 5) is 28.9. The smallest absolute Gasteiger partial charge is 0.256 e. The zero-order valence-electron chi connectivity index (χ0n) is 17.0. The molecule has 1 N–H and O–H groups in total. The summed E-state index contributed by atoms with van der Waals surface area (Å²) < 4.78 is 41.5. The molecule has 0 atom stereocenters. The number of nitrogens with zero attached hydrogens (tertiary/aromatic N) is 2. The minimum atomic E-state index is -0.904. The zero-order valence-corrected chi connectivity index (χ0v) is 17.0. The summed E-state index contributed by atoms with van der Waals surface area (Å²) in [5.41, 5.74) is 0.692. The number of para-hydroxylation sites is 1. The first-order valence-electron chi connectivity index (χ1n) is 10.5. The highest BCUT2D eigenvalue weighted by Gasteiger charge is 2.30. The fraction of sp³-hybridized carbons (Fsp3) is 0.391. The number of hydrogen-bond donors (Lipinski definition) is 1. The summed E-state index contributed by atoms with van der Waals surface area (Å²) in [6.45, 7) is 2.19. The van der Waals surface area contributed by atoms with Crippen LogP contribution in [0.4, 0.5) is 24.5 Å². The van der Waals surface area contributed by atoms with Crippen LogP contribution in [0.25, 0.3) is 0 Å². The van der Waals surface area contributed by atoms with Crippen molar-refractivity contribution in [3.05, 3.63) is 59.4 Å². The van der Waals surface area contributed by atoms with Gasteiger partial charge in [0, 0.05) is 38.2 Å². The number of benzene rings is 2. The van der Waals surface area contributed by atoms with Crippen molar-refractivity contribution in [2.75, 3.05) is 36.4 Å². The molecule has 0 saturated carbocycles. The van der Waals surface area contributed by atoms with E-state index >= 15 is 0 Å². The van der Waals surface area contributed by atoms with E-state index < -0.39 is 23.4 Å². The van der Waals surface area contributed by atoms with Crippen LogP contribution < -0.4 is 10.2 Å². The lowest BCUT2D eigenvalue weighted by Gasteiger charge is -2.32. The number of anilines is 2. The van der Waals surface area contributed by atoms with Crippen LogP contribution in [-0.2, 0) is 4.79 Å². The SMILES string of the molecule is O=C(Nc1c(F)cccc1N1CCCC1)C1CCN(C(=O)c2ccc(F)cc2F)CC1. The van der Waals surface area contributed by atoms with Gasteiger partial charge in [0.05, 0.1) is 11.3 Å². The van der Waals surface area contributed by atoms with E-state index in [1.54, 1.807) is 6.07 Å². The Kier molecular flexibility index (Phi) is 6.15. The summed E-state index contributed by atoms with van der Waals surface area (Å²) >= 11 is 0. The summed E-state index contributed by atoms with van der Waals surface area (Å²) in [7, 11) is 0. The van der Waals surface area contributed by atoms with Crippen LogP contribution in [-0.4, -0.2) is 42.9 Å². The van der Waals surface area contributed by atoms with Gasteiger partial charge in [0.25, 0.3) is 5.91 Å². The molecule has 0 unspecified atom stereocenters. The molecule has 2 saturated heterocycles. The first-order chi connectivity index (χ1) is 14.9. The Balaban J connectivity index is 1.40. The van der Waals surface area contributed by atoms with Gasteiger partial charge in [-0.05, 0) is 49.9 Å². The van der Waals surface area contributed by atoms with Crippen LogP contribution in [0.1, 0.15) is 36.0 Å². The van der Waals surface area contributed by atoms with Crippen molar-refractivity contribution in [2.24, 2.45) is 5.92 Å². The van der Waals surface area contributed by atoms with Crippen molar-refractivity contribution in [1.29, 1.82) is 0 Å². The molecule has 0 aliphatic carbocycles. The second-order valence-electron chi connectivity index (χ2n) is 8.01. The molecule has 2 fully saturated rings. The second-order valence-corrected chi connectivity index (χ2v) is 8.01. The van der Waals surface area contributed by atoms with E-state index in [0.29, 0.717) is 24.6 Å². The molecule has 2 aromatic carbocycles. The van der Waals surface area contributed by atoms with E-state index in [0.717, 1.165) is 38.1 Å². The van der Waals surface area contributed by atoms with E-state index in [4.69, 9.17) is 0 Å². The van der Waals surface area contributed by atoms with Gasteiger partial charge in [-0.1, -0.05) is 6.07 Å². The highest BCUT2D eigenvalue weighted by molar-refractivity contribution is 5.97. The highest BCUT2D eigenvalue weighted by Crippen LogP contribution is 2.32. The third-order valence-corrected chi connectivity index (χ3v) is 6.00. The Bertz CT molecular complexity index is 984. The lowest BCUT2D eigenvalue weighted by atomic mass is 9.95. The average molecular weight is 431 g/mol. The van der Waals surface area contributed by atoms with Gasteiger partial charge in [-0.15, -0.1) is 0 Å². The number of hydrogen-bond acceptors (Lipinski definition) is 3. The van der Waals surface area contributed by atoms with Gasteiger partial charge in [0.15, 0.2) is 0 Å². The molecule has 0 radical (unpaired) electrons. The monoisotopic (exact) mass is 431 g/mol. The highest BCUT2D eigenvalue weighted by atomic mass is 19.1. The minimum absolute atomic E-state index is 0.189. The fourth-order valence-electron chi connectivity index (χ4n) is 4.26. The number of carbonyl (C=O) groups excluding carboxylic acids is 2. The first kappa shape index (κ1) is 21.2. The van der Waals surface area contributed by atoms with Crippen LogP contribution in [0, 0.1) is 23.4 Å². The van der Waals surface area contributed by atoms with Crippen molar-refractivity contribution in [1.82, 2.24) is 4.90 Å². The second kappa shape index (κ2) is 8.99. The Morgan fingerprint density at radius 2 is 1.61 bits per heavy atom. The number of rotatable bonds is 4. The molecule has 2 aliphatic rings. The average Bonchev–Trinajstić information content (AvgIpc) is 3.29. The molecular weight excluding hydrogens is 407 g/mol. The van der Waals surface area contributed by atoms with Gasteiger partial charge in [0.1, 0.15) is 23.1 Å². The molecule has 0 bridgehead atoms. The topological polar surface area (TPSA) is 52.7 Å². The molecular formula is C23H24F3N3O2. The Hall–Kier alpha value is -3.03. The van der Waals surface area contributed by atoms with Crippen LogP contribution >= 0.6 is 0 Å². The summed E-state index contributed by atoms with van der Waals surface area (Å²) in [6, 6.07) is 7.63. The standard InChI is InChI=1S/C23H24F3N3O2/c24-16-6-7-17(19(26)14-16)23(31)29-12-8-15(9-13-29)22(30)27-21-18(25)4-3-5-20(21)28-10-1-2-11-28/h3-7,14-15H,1-2,8-13H2,(H,27,30). The molecule has 4 rings (SSSR count). The fourth-order valence-corrected chi connectivity index (χ4v) is 4.26. The number of halogens is 3. The van der Waals surface area contributed by atoms with E-state index in [9.17, 15) is 22.8 Å². The maximum Gasteiger partial charge on any atom is 0.256 e. The molecule has 2 heterocycles. The van der Waals surface area contributed by atoms with E-state index in [1.807, 2.05) is 6.07 Å². The number of nitrogens with one attached hydrogen (secondary N) is 1. The van der Waals surface area contributed by atoms with Gasteiger partial charge in [-0.25, -0.2) is 13.2 Å². The number of amides is 2. The molecule has 5 nitrogen and oxygen atoms in total. The lowest BCUT2D eigenvalue weighted by Crippen LogP contribution is -2.41. The number of likely N-dealkylation sites (tertiary alicyclic amines) is 1. The number of carbonyl (C=O) groups is 2. The quantitative estimate of drug-likeness (QED) is 0.790. The Morgan fingerprint density at radius 1 is 0.903 bits per heavy atom. The van der Waals surface area contributed by atoms with Gasteiger partial charge < -0.3 is 15.1 Å². The molecule has 8 heteroatoms. The third-order valence-electron chi connectivity index (χ3n) is 6.00. The van der Waals surface area contributed by atoms with Gasteiger partial charge in [-0.2, -0.15) is 0 Å². The Labute approximate surface area is 178 Å². The molecule has 0 aromatic heterocycles. The zero-order chi connectivity index (χ0) is 22.0. The summed E-state index contributed by atoms with van der Waals surface area (Å²) in [5, 5.41) is 2.76. The van der Waals surface area contributed by atoms with Crippen LogP contribution in [0.2, 0.25) is 0 Å². The molecule has 2 aliphatic heterocycles. The van der Waals surface area contributed by atoms with Crippen LogP contribution in [0.3, 0.4) is 0 Å². The maximum absolute atomic E-state index is 14.5. The van der Waals surface area contributed by atoms with Crippen LogP contribution in [0.15, 0.2) is 36.4 Å². The molecule has 2 amide bonds. The predicted molar refractivity (Wildman–Crippen MR) is 111 cm³/mol. The first-order valence-corrected chi connectivity index (χ1v) is 10.5. The Morgan fingerprint density at radius 3 is 2.29 bits per heavy atom. The van der Waals surface area contributed by atoms with Crippen molar-refractivity contribution in [3.8, 4) is 0 Å². The van der Waals surface area contributed by atoms with Gasteiger partial charge in [-0.3, -0.25) is 9.59 Å². The largest absolute Gasteiger partial charge is 0.370 e. The molecule has 0 spiro atoms. The molecule has 2 aromatic rings. The van der Waals surface area contributed by atoms with E-state index in [1.165, 1.54) is 11.0 Å². The van der Waals surface area contributed by atoms with Gasteiger partial charge >= 0.3 is 0 Å². The van der Waals surface area contributed by atoms with Crippen molar-refractivity contribution >= 4 is 23.2 Å². The van der Waals surface area contributed by atoms with Crippen LogP contribution in [0.5, 0.6) is 0 Å². The van der Waals surface area contributed by atoms with Crippen molar-refractivity contribution in [3.63, 3.8) is 0 Å². The molecule has 164 valence electrons. The maximum atomic E-state index is 14.5. The van der Waals surface area contributed by atoms with Crippen molar-refractivity contribution in [2.45, 2.75) is 25.7 Å². The lowest BCUT2D eigenvalue weighted by molar-refractivity contribution is -0.121. The molecule has 31 heavy (non-hydrogen) atoms. The summed E-state index contributed by atoms with van der Waals surface area (Å²) in [6.07, 6.45) is 2.83. The minimum Gasteiger partial charge on any atom is -0.370 e. The van der Waals surface area contributed by atoms with Gasteiger partial charge in [0.2, 0.25) is 5.91 Å². The number of piperidine rings is 1. The van der Waals surface area contributed by atoms with E-state index in [2.05, 4.69) is 10.2 Å². The summed E-state index contributed by atoms with van der Waals surface area (Å²) in [5.74, 6) is -3.32. The third kappa shape index (κ3) is 4.52. The predicted octanol–water partition coefficient (Wildman–Crippen LogP) is 4.20. The van der Waals surface area contributed by atoms with Crippen molar-refractivity contribution < 1.29 is 22.8 Å². The normalized spacial score (nSPS) is 17.1. The van der Waals surface area contributed by atoms with E-state index in [-0.39, 0.29) is 36.2 Å².